The van der Waals surface area contributed by atoms with Crippen molar-refractivity contribution in [2.75, 3.05) is 14.2 Å². The standard InChI is InChI=1S/C14H21NO2/c1-9(2)10-7-13(17-4)11(8-12(10)16-3)14(15)5-6-14/h7-9H,5-6,15H2,1-4H3. The van der Waals surface area contributed by atoms with Crippen LogP contribution >= 0.6 is 0 Å². The Hall–Kier alpha value is -1.22. The van der Waals surface area contributed by atoms with Crippen molar-refractivity contribution in [3.63, 3.8) is 0 Å². The van der Waals surface area contributed by atoms with Gasteiger partial charge in [-0.2, -0.15) is 0 Å². The first-order valence-electron chi connectivity index (χ1n) is 6.07. The minimum Gasteiger partial charge on any atom is -0.496 e. The van der Waals surface area contributed by atoms with Crippen LogP contribution in [0.5, 0.6) is 11.5 Å². The van der Waals surface area contributed by atoms with Gasteiger partial charge in [-0.15, -0.1) is 0 Å². The van der Waals surface area contributed by atoms with E-state index in [1.807, 2.05) is 6.07 Å². The number of methoxy groups -OCH3 is 2. The molecular formula is C14H21NO2. The van der Waals surface area contributed by atoms with Gasteiger partial charge in [0.15, 0.2) is 0 Å². The Morgan fingerprint density at radius 3 is 2.12 bits per heavy atom. The van der Waals surface area contributed by atoms with E-state index in [0.717, 1.165) is 35.5 Å². The fourth-order valence-corrected chi connectivity index (χ4v) is 2.17. The molecule has 0 aliphatic heterocycles. The Kier molecular flexibility index (Phi) is 3.04. The van der Waals surface area contributed by atoms with Crippen molar-refractivity contribution in [1.29, 1.82) is 0 Å². The Morgan fingerprint density at radius 2 is 1.71 bits per heavy atom. The molecule has 94 valence electrons. The van der Waals surface area contributed by atoms with E-state index in [4.69, 9.17) is 15.2 Å². The van der Waals surface area contributed by atoms with Gasteiger partial charge in [-0.1, -0.05) is 13.8 Å². The maximum Gasteiger partial charge on any atom is 0.124 e. The van der Waals surface area contributed by atoms with Gasteiger partial charge in [0.1, 0.15) is 11.5 Å². The molecule has 1 aliphatic rings. The normalized spacial score (nSPS) is 17.1. The molecule has 1 aromatic carbocycles. The number of ether oxygens (including phenoxy) is 2. The smallest absolute Gasteiger partial charge is 0.124 e. The van der Waals surface area contributed by atoms with Crippen LogP contribution in [0.4, 0.5) is 0 Å². The van der Waals surface area contributed by atoms with Gasteiger partial charge in [-0.25, -0.2) is 0 Å². The van der Waals surface area contributed by atoms with E-state index in [-0.39, 0.29) is 5.54 Å². The van der Waals surface area contributed by atoms with Gasteiger partial charge in [0.25, 0.3) is 0 Å². The molecule has 1 aromatic rings. The third kappa shape index (κ3) is 2.12. The fourth-order valence-electron chi connectivity index (χ4n) is 2.17. The van der Waals surface area contributed by atoms with E-state index in [1.54, 1.807) is 14.2 Å². The molecule has 0 spiro atoms. The predicted octanol–water partition coefficient (Wildman–Crippen LogP) is 2.78. The molecule has 0 aromatic heterocycles. The largest absolute Gasteiger partial charge is 0.496 e. The first-order valence-corrected chi connectivity index (χ1v) is 6.07. The van der Waals surface area contributed by atoms with Gasteiger partial charge in [0, 0.05) is 16.7 Å². The quantitative estimate of drug-likeness (QED) is 0.872. The van der Waals surface area contributed by atoms with Crippen LogP contribution in [-0.2, 0) is 5.54 Å². The van der Waals surface area contributed by atoms with Gasteiger partial charge in [0.2, 0.25) is 0 Å². The highest BCUT2D eigenvalue weighted by Gasteiger charge is 2.42. The molecule has 1 saturated carbocycles. The summed E-state index contributed by atoms with van der Waals surface area (Å²) < 4.78 is 10.9. The summed E-state index contributed by atoms with van der Waals surface area (Å²) in [5.74, 6) is 2.20. The molecule has 3 nitrogen and oxygen atoms in total. The molecule has 0 atom stereocenters. The van der Waals surface area contributed by atoms with E-state index in [2.05, 4.69) is 19.9 Å². The zero-order valence-electron chi connectivity index (χ0n) is 11.0. The zero-order chi connectivity index (χ0) is 12.6. The minimum atomic E-state index is -0.200. The van der Waals surface area contributed by atoms with Crippen molar-refractivity contribution in [2.45, 2.75) is 38.1 Å². The summed E-state index contributed by atoms with van der Waals surface area (Å²) in [4.78, 5) is 0. The maximum absolute atomic E-state index is 6.26. The summed E-state index contributed by atoms with van der Waals surface area (Å²) in [5, 5.41) is 0. The summed E-state index contributed by atoms with van der Waals surface area (Å²) in [6, 6.07) is 4.10. The predicted molar refractivity (Wildman–Crippen MR) is 68.7 cm³/mol. The number of nitrogens with two attached hydrogens (primary N) is 1. The lowest BCUT2D eigenvalue weighted by Gasteiger charge is -2.20. The fraction of sp³-hybridized carbons (Fsp3) is 0.571. The molecule has 0 bridgehead atoms. The number of hydrogen-bond acceptors (Lipinski definition) is 3. The highest BCUT2D eigenvalue weighted by Crippen LogP contribution is 2.48. The molecule has 0 heterocycles. The summed E-state index contributed by atoms with van der Waals surface area (Å²) in [5.41, 5.74) is 8.29. The van der Waals surface area contributed by atoms with Gasteiger partial charge in [0.05, 0.1) is 14.2 Å². The van der Waals surface area contributed by atoms with Gasteiger partial charge < -0.3 is 15.2 Å². The van der Waals surface area contributed by atoms with E-state index < -0.39 is 0 Å². The van der Waals surface area contributed by atoms with Gasteiger partial charge >= 0.3 is 0 Å². The van der Waals surface area contributed by atoms with Crippen LogP contribution in [0.15, 0.2) is 12.1 Å². The van der Waals surface area contributed by atoms with Crippen LogP contribution in [0.3, 0.4) is 0 Å². The third-order valence-corrected chi connectivity index (χ3v) is 3.50. The number of rotatable bonds is 4. The number of benzene rings is 1. The molecule has 1 fully saturated rings. The highest BCUT2D eigenvalue weighted by atomic mass is 16.5. The van der Waals surface area contributed by atoms with E-state index >= 15 is 0 Å². The summed E-state index contributed by atoms with van der Waals surface area (Å²) >= 11 is 0. The summed E-state index contributed by atoms with van der Waals surface area (Å²) in [7, 11) is 3.40. The zero-order valence-corrected chi connectivity index (χ0v) is 11.0. The average molecular weight is 235 g/mol. The summed E-state index contributed by atoms with van der Waals surface area (Å²) in [6.45, 7) is 4.29. The Labute approximate surface area is 103 Å². The van der Waals surface area contributed by atoms with E-state index in [0.29, 0.717) is 5.92 Å². The van der Waals surface area contributed by atoms with Crippen LogP contribution < -0.4 is 15.2 Å². The maximum atomic E-state index is 6.26. The lowest BCUT2D eigenvalue weighted by Crippen LogP contribution is -2.20. The number of hydrogen-bond donors (Lipinski definition) is 1. The van der Waals surface area contributed by atoms with Crippen molar-refractivity contribution in [3.8, 4) is 11.5 Å². The van der Waals surface area contributed by atoms with Crippen LogP contribution in [-0.4, -0.2) is 14.2 Å². The second-order valence-electron chi connectivity index (χ2n) is 5.11. The van der Waals surface area contributed by atoms with Crippen molar-refractivity contribution in [2.24, 2.45) is 5.73 Å². The first-order chi connectivity index (χ1) is 8.01. The molecule has 0 radical (unpaired) electrons. The Morgan fingerprint density at radius 1 is 1.12 bits per heavy atom. The Bertz CT molecular complexity index is 422. The second kappa shape index (κ2) is 4.22. The highest BCUT2D eigenvalue weighted by molar-refractivity contribution is 5.52. The van der Waals surface area contributed by atoms with Crippen molar-refractivity contribution in [1.82, 2.24) is 0 Å². The average Bonchev–Trinajstić information content (AvgIpc) is 3.06. The van der Waals surface area contributed by atoms with Crippen molar-refractivity contribution in [3.05, 3.63) is 23.3 Å². The van der Waals surface area contributed by atoms with Crippen LogP contribution in [0, 0.1) is 0 Å². The minimum absolute atomic E-state index is 0.200. The van der Waals surface area contributed by atoms with E-state index in [1.165, 1.54) is 0 Å². The topological polar surface area (TPSA) is 44.5 Å². The molecule has 0 unspecified atom stereocenters. The summed E-state index contributed by atoms with van der Waals surface area (Å²) in [6.07, 6.45) is 2.04. The molecule has 2 rings (SSSR count). The lowest BCUT2D eigenvalue weighted by atomic mass is 9.96. The third-order valence-electron chi connectivity index (χ3n) is 3.50. The van der Waals surface area contributed by atoms with Crippen molar-refractivity contribution >= 4 is 0 Å². The lowest BCUT2D eigenvalue weighted by molar-refractivity contribution is 0.389. The van der Waals surface area contributed by atoms with Crippen LogP contribution in [0.25, 0.3) is 0 Å². The second-order valence-corrected chi connectivity index (χ2v) is 5.11. The molecule has 1 aliphatic carbocycles. The van der Waals surface area contributed by atoms with Crippen LogP contribution in [0.1, 0.15) is 43.7 Å². The van der Waals surface area contributed by atoms with Crippen molar-refractivity contribution < 1.29 is 9.47 Å². The molecule has 0 saturated heterocycles. The first kappa shape index (κ1) is 12.2. The van der Waals surface area contributed by atoms with Gasteiger partial charge in [-0.3, -0.25) is 0 Å². The van der Waals surface area contributed by atoms with E-state index in [9.17, 15) is 0 Å². The molecule has 17 heavy (non-hydrogen) atoms. The molecule has 2 N–H and O–H groups in total. The molecular weight excluding hydrogens is 214 g/mol. The molecule has 0 amide bonds. The SMILES string of the molecule is COc1cc(C2(N)CC2)c(OC)cc1C(C)C. The molecule has 3 heteroatoms. The monoisotopic (exact) mass is 235 g/mol. The Balaban J connectivity index is 2.53. The van der Waals surface area contributed by atoms with Crippen LogP contribution in [0.2, 0.25) is 0 Å². The van der Waals surface area contributed by atoms with Gasteiger partial charge in [-0.05, 0) is 30.9 Å².